The molecule has 0 amide bonds. The number of Topliss-reactive ketones (excluding diaryl/α,β-unsaturated/α-hetero) is 1. The van der Waals surface area contributed by atoms with Gasteiger partial charge in [0.1, 0.15) is 5.78 Å². The standard InChI is InChI=1S/C16H28O5/c1-13(17)12-14(21-16-7-3-5-10-19-16)8-11-20-15-6-2-4-9-18-15/h14-16H,2-12H2,1H3. The lowest BCUT2D eigenvalue weighted by molar-refractivity contribution is -0.200. The molecular weight excluding hydrogens is 272 g/mol. The molecule has 5 heteroatoms. The van der Waals surface area contributed by atoms with Crippen molar-refractivity contribution in [1.29, 1.82) is 0 Å². The number of ether oxygens (including phenoxy) is 4. The minimum atomic E-state index is -0.158. The average molecular weight is 300 g/mol. The van der Waals surface area contributed by atoms with E-state index in [1.54, 1.807) is 6.92 Å². The smallest absolute Gasteiger partial charge is 0.157 e. The van der Waals surface area contributed by atoms with Crippen molar-refractivity contribution in [3.8, 4) is 0 Å². The second-order valence-electron chi connectivity index (χ2n) is 5.92. The van der Waals surface area contributed by atoms with Crippen LogP contribution in [0, 0.1) is 0 Å². The predicted octanol–water partition coefficient (Wildman–Crippen LogP) is 2.81. The third-order valence-electron chi connectivity index (χ3n) is 3.88. The molecule has 0 spiro atoms. The third-order valence-corrected chi connectivity index (χ3v) is 3.88. The molecule has 0 aliphatic carbocycles. The molecule has 5 nitrogen and oxygen atoms in total. The Morgan fingerprint density at radius 2 is 1.76 bits per heavy atom. The molecule has 0 aromatic carbocycles. The fraction of sp³-hybridized carbons (Fsp3) is 0.938. The van der Waals surface area contributed by atoms with Crippen molar-refractivity contribution in [1.82, 2.24) is 0 Å². The van der Waals surface area contributed by atoms with Crippen LogP contribution >= 0.6 is 0 Å². The van der Waals surface area contributed by atoms with E-state index in [4.69, 9.17) is 18.9 Å². The predicted molar refractivity (Wildman–Crippen MR) is 77.9 cm³/mol. The largest absolute Gasteiger partial charge is 0.353 e. The van der Waals surface area contributed by atoms with Gasteiger partial charge in [0.15, 0.2) is 12.6 Å². The summed E-state index contributed by atoms with van der Waals surface area (Å²) in [5.41, 5.74) is 0. The molecule has 2 heterocycles. The Balaban J connectivity index is 1.68. The van der Waals surface area contributed by atoms with Gasteiger partial charge in [-0.3, -0.25) is 4.79 Å². The molecular formula is C16H28O5. The Hall–Kier alpha value is -0.490. The van der Waals surface area contributed by atoms with Crippen molar-refractivity contribution in [2.45, 2.75) is 77.0 Å². The molecule has 0 N–H and O–H groups in total. The fourth-order valence-electron chi connectivity index (χ4n) is 2.75. The maximum Gasteiger partial charge on any atom is 0.157 e. The average Bonchev–Trinajstić information content (AvgIpc) is 2.49. The molecule has 2 saturated heterocycles. The summed E-state index contributed by atoms with van der Waals surface area (Å²) in [6.07, 6.45) is 7.16. The number of carbonyl (C=O) groups excluding carboxylic acids is 1. The SMILES string of the molecule is CC(=O)CC(CCOC1CCCCO1)OC1CCCCO1. The van der Waals surface area contributed by atoms with Crippen LogP contribution in [0.15, 0.2) is 0 Å². The molecule has 3 unspecified atom stereocenters. The number of rotatable bonds is 8. The molecule has 2 aliphatic rings. The monoisotopic (exact) mass is 300 g/mol. The summed E-state index contributed by atoms with van der Waals surface area (Å²) in [6, 6.07) is 0. The number of hydrogen-bond acceptors (Lipinski definition) is 5. The van der Waals surface area contributed by atoms with Crippen LogP contribution in [0.4, 0.5) is 0 Å². The van der Waals surface area contributed by atoms with Crippen molar-refractivity contribution in [3.05, 3.63) is 0 Å². The van der Waals surface area contributed by atoms with E-state index in [1.807, 2.05) is 0 Å². The summed E-state index contributed by atoms with van der Waals surface area (Å²) < 4.78 is 22.8. The molecule has 0 aromatic rings. The fourth-order valence-corrected chi connectivity index (χ4v) is 2.75. The summed E-state index contributed by atoms with van der Waals surface area (Å²) in [4.78, 5) is 11.4. The summed E-state index contributed by atoms with van der Waals surface area (Å²) in [7, 11) is 0. The second kappa shape index (κ2) is 9.51. The third kappa shape index (κ3) is 6.87. The van der Waals surface area contributed by atoms with E-state index in [9.17, 15) is 4.79 Å². The lowest BCUT2D eigenvalue weighted by atomic mass is 10.1. The topological polar surface area (TPSA) is 54.0 Å². The Bertz CT molecular complexity index is 295. The molecule has 0 saturated carbocycles. The molecule has 21 heavy (non-hydrogen) atoms. The van der Waals surface area contributed by atoms with Crippen molar-refractivity contribution in [2.24, 2.45) is 0 Å². The highest BCUT2D eigenvalue weighted by molar-refractivity contribution is 5.75. The highest BCUT2D eigenvalue weighted by Gasteiger charge is 2.22. The molecule has 122 valence electrons. The molecule has 2 aliphatic heterocycles. The summed E-state index contributed by atoms with van der Waals surface area (Å²) in [5, 5.41) is 0. The van der Waals surface area contributed by atoms with Crippen LogP contribution in [0.5, 0.6) is 0 Å². The minimum Gasteiger partial charge on any atom is -0.353 e. The zero-order valence-electron chi connectivity index (χ0n) is 13.1. The summed E-state index contributed by atoms with van der Waals surface area (Å²) >= 11 is 0. The first-order valence-electron chi connectivity index (χ1n) is 8.24. The first-order chi connectivity index (χ1) is 10.2. The van der Waals surface area contributed by atoms with Gasteiger partial charge in [-0.1, -0.05) is 0 Å². The van der Waals surface area contributed by atoms with Crippen molar-refractivity contribution < 1.29 is 23.7 Å². The van der Waals surface area contributed by atoms with Crippen LogP contribution in [-0.4, -0.2) is 44.3 Å². The van der Waals surface area contributed by atoms with Gasteiger partial charge in [-0.05, 0) is 51.9 Å². The van der Waals surface area contributed by atoms with Crippen molar-refractivity contribution in [3.63, 3.8) is 0 Å². The van der Waals surface area contributed by atoms with Gasteiger partial charge in [0, 0.05) is 19.6 Å². The van der Waals surface area contributed by atoms with Crippen LogP contribution in [-0.2, 0) is 23.7 Å². The van der Waals surface area contributed by atoms with Gasteiger partial charge in [-0.2, -0.15) is 0 Å². The minimum absolute atomic E-state index is 0.0809. The van der Waals surface area contributed by atoms with E-state index in [0.717, 1.165) is 51.7 Å². The second-order valence-corrected chi connectivity index (χ2v) is 5.92. The summed E-state index contributed by atoms with van der Waals surface area (Å²) in [6.45, 7) is 3.70. The van der Waals surface area contributed by atoms with Crippen LogP contribution in [0.3, 0.4) is 0 Å². The quantitative estimate of drug-likeness (QED) is 0.690. The number of ketones is 1. The molecule has 0 radical (unpaired) electrons. The van der Waals surface area contributed by atoms with Crippen molar-refractivity contribution in [2.75, 3.05) is 19.8 Å². The maximum atomic E-state index is 11.4. The van der Waals surface area contributed by atoms with E-state index >= 15 is 0 Å². The van der Waals surface area contributed by atoms with Gasteiger partial charge in [0.2, 0.25) is 0 Å². The Morgan fingerprint density at radius 3 is 2.33 bits per heavy atom. The van der Waals surface area contributed by atoms with Crippen molar-refractivity contribution >= 4 is 5.78 Å². The maximum absolute atomic E-state index is 11.4. The molecule has 2 rings (SSSR count). The van der Waals surface area contributed by atoms with Crippen LogP contribution in [0.2, 0.25) is 0 Å². The van der Waals surface area contributed by atoms with Gasteiger partial charge in [-0.15, -0.1) is 0 Å². The van der Waals surface area contributed by atoms with E-state index < -0.39 is 0 Å². The molecule has 2 fully saturated rings. The van der Waals surface area contributed by atoms with E-state index in [0.29, 0.717) is 19.4 Å². The van der Waals surface area contributed by atoms with Gasteiger partial charge < -0.3 is 18.9 Å². The van der Waals surface area contributed by atoms with Crippen LogP contribution < -0.4 is 0 Å². The van der Waals surface area contributed by atoms with Crippen LogP contribution in [0.1, 0.15) is 58.3 Å². The molecule has 0 aromatic heterocycles. The van der Waals surface area contributed by atoms with Crippen LogP contribution in [0.25, 0.3) is 0 Å². The molecule has 0 bridgehead atoms. The lowest BCUT2D eigenvalue weighted by Crippen LogP contribution is -2.31. The Morgan fingerprint density at radius 1 is 1.10 bits per heavy atom. The van der Waals surface area contributed by atoms with Gasteiger partial charge in [0.25, 0.3) is 0 Å². The number of hydrogen-bond donors (Lipinski definition) is 0. The Labute approximate surface area is 127 Å². The van der Waals surface area contributed by atoms with Gasteiger partial charge >= 0.3 is 0 Å². The zero-order chi connectivity index (χ0) is 14.9. The lowest BCUT2D eigenvalue weighted by Gasteiger charge is -2.28. The first kappa shape index (κ1) is 16.9. The number of carbonyl (C=O) groups is 1. The van der Waals surface area contributed by atoms with Gasteiger partial charge in [0.05, 0.1) is 12.7 Å². The highest BCUT2D eigenvalue weighted by atomic mass is 16.7. The van der Waals surface area contributed by atoms with E-state index in [2.05, 4.69) is 0 Å². The highest BCUT2D eigenvalue weighted by Crippen LogP contribution is 2.19. The summed E-state index contributed by atoms with van der Waals surface area (Å²) in [5.74, 6) is 0.143. The van der Waals surface area contributed by atoms with Gasteiger partial charge in [-0.25, -0.2) is 0 Å². The zero-order valence-corrected chi connectivity index (χ0v) is 13.1. The molecule has 3 atom stereocenters. The van der Waals surface area contributed by atoms with E-state index in [-0.39, 0.29) is 24.5 Å². The van der Waals surface area contributed by atoms with E-state index in [1.165, 1.54) is 0 Å². The first-order valence-corrected chi connectivity index (χ1v) is 8.24. The Kier molecular flexibility index (Phi) is 7.64. The normalized spacial score (nSPS) is 28.2.